The first kappa shape index (κ1) is 59.5. The van der Waals surface area contributed by atoms with E-state index in [9.17, 15) is 28.8 Å². The number of nitrogens with zero attached hydrogens (tertiary/aromatic N) is 2. The number of aryl methyl sites for hydroxylation is 2. The van der Waals surface area contributed by atoms with Gasteiger partial charge in [0, 0.05) is 18.9 Å². The number of carbonyl (C=O) groups excluding carboxylic acids is 6. The molecule has 7 rings (SSSR count). The van der Waals surface area contributed by atoms with Gasteiger partial charge in [-0.05, 0) is 112 Å². The van der Waals surface area contributed by atoms with E-state index in [-0.39, 0.29) is 98.3 Å². The van der Waals surface area contributed by atoms with Crippen LogP contribution in [-0.4, -0.2) is 121 Å². The van der Waals surface area contributed by atoms with Gasteiger partial charge in [-0.15, -0.1) is 24.8 Å². The van der Waals surface area contributed by atoms with E-state index in [1.807, 2.05) is 77.9 Å². The summed E-state index contributed by atoms with van der Waals surface area (Å²) in [4.78, 5) is 88.1. The number of likely N-dealkylation sites (tertiary alicyclic amines) is 2. The third kappa shape index (κ3) is 14.1. The molecule has 1 unspecified atom stereocenters. The molecule has 0 spiro atoms. The van der Waals surface area contributed by atoms with Gasteiger partial charge in [0.05, 0.1) is 37.3 Å². The molecule has 2 aliphatic heterocycles. The Kier molecular flexibility index (Phi) is 20.4. The predicted octanol–water partition coefficient (Wildman–Crippen LogP) is 5.89. The Labute approximate surface area is 450 Å². The second kappa shape index (κ2) is 25.4. The summed E-state index contributed by atoms with van der Waals surface area (Å²) in [5.41, 5.74) is 3.17. The zero-order valence-corrected chi connectivity index (χ0v) is 46.4. The lowest BCUT2D eigenvalue weighted by Gasteiger charge is -2.36. The Bertz CT molecular complexity index is 2300. The van der Waals surface area contributed by atoms with Crippen LogP contribution in [0.4, 0.5) is 0 Å². The molecule has 16 nitrogen and oxygen atoms in total. The smallest absolute Gasteiger partial charge is 0.246 e. The van der Waals surface area contributed by atoms with E-state index in [2.05, 4.69) is 44.0 Å². The summed E-state index contributed by atoms with van der Waals surface area (Å²) in [6.07, 6.45) is 4.47. The molecule has 2 fully saturated rings. The highest BCUT2D eigenvalue weighted by Gasteiger charge is 2.48. The molecule has 406 valence electrons. The summed E-state index contributed by atoms with van der Waals surface area (Å²) in [6, 6.07) is 18.2. The van der Waals surface area contributed by atoms with Crippen LogP contribution in [0.3, 0.4) is 0 Å². The number of carbonyl (C=O) groups is 6. The fourth-order valence-corrected chi connectivity index (χ4v) is 10.5. The van der Waals surface area contributed by atoms with E-state index in [0.717, 1.165) is 49.7 Å². The highest BCUT2D eigenvalue weighted by atomic mass is 35.5. The lowest BCUT2D eigenvalue weighted by molar-refractivity contribution is -0.144. The molecule has 2 heterocycles. The van der Waals surface area contributed by atoms with Gasteiger partial charge in [0.15, 0.2) is 0 Å². The standard InChI is InChI=1S/C56H78N8O8.2ClH/c1-33(57-9)49(65)61-47(55(3,4)5)53(69)63-31-39(29-45(63)51(67)59-43-26-15-20-35-18-11-13-24-41(35)43)71-37-22-17-23-38(28-37)72-40-30-46(52(68)60-44-27-16-21-36-19-12-14-25-42(36)44)64(32-40)54(70)48(56(6,7)8)62-50(66)34(2)58-10;;/h11-14,17-19,22-25,28,33-34,39-40,43-48,57-58H,15-16,20-21,26-27,29-32H2,1-10H3,(H,59,67)(H,60,68)(H,61,65)(H,62,66);2*1H/t33-,34-,39-,40-,43+,44+,45-,46?,47-,48-;;/m0../s1. The number of rotatable bonds is 16. The van der Waals surface area contributed by atoms with E-state index >= 15 is 0 Å². The summed E-state index contributed by atoms with van der Waals surface area (Å²) >= 11 is 0. The van der Waals surface area contributed by atoms with Crippen LogP contribution in [0.2, 0.25) is 0 Å². The second-order valence-electron chi connectivity index (χ2n) is 22.4. The number of fused-ring (bicyclic) bond motifs is 2. The van der Waals surface area contributed by atoms with Gasteiger partial charge in [-0.1, -0.05) is 96.1 Å². The fourth-order valence-electron chi connectivity index (χ4n) is 10.5. The topological polar surface area (TPSA) is 200 Å². The number of likely N-dealkylation sites (N-methyl/N-ethyl adjacent to an activating group) is 2. The van der Waals surface area contributed by atoms with Crippen molar-refractivity contribution in [2.45, 2.75) is 167 Å². The van der Waals surface area contributed by atoms with Gasteiger partial charge in [0.1, 0.15) is 47.9 Å². The maximum atomic E-state index is 14.8. The van der Waals surface area contributed by atoms with Crippen molar-refractivity contribution in [3.8, 4) is 11.5 Å². The molecule has 2 saturated heterocycles. The minimum absolute atomic E-state index is 0. The molecule has 0 radical (unpaired) electrons. The van der Waals surface area contributed by atoms with E-state index in [0.29, 0.717) is 11.5 Å². The van der Waals surface area contributed by atoms with Crippen LogP contribution in [-0.2, 0) is 41.6 Å². The second-order valence-corrected chi connectivity index (χ2v) is 22.4. The van der Waals surface area contributed by atoms with Gasteiger partial charge in [-0.25, -0.2) is 0 Å². The summed E-state index contributed by atoms with van der Waals surface area (Å²) in [5.74, 6) is -1.08. The van der Waals surface area contributed by atoms with Crippen LogP contribution in [0.5, 0.6) is 11.5 Å². The molecule has 4 aliphatic rings. The Morgan fingerprint density at radius 3 is 1.31 bits per heavy atom. The molecular weight excluding hydrogens is 984 g/mol. The number of amides is 6. The van der Waals surface area contributed by atoms with E-state index in [4.69, 9.17) is 9.47 Å². The quantitative estimate of drug-likeness (QED) is 0.101. The van der Waals surface area contributed by atoms with Crippen molar-refractivity contribution in [3.63, 3.8) is 0 Å². The SMILES string of the molecule is CN[C@@H](C)C(=O)N[C@@H](C(=O)N1C[C@@H](Oc2cccc(O[C@H]3C[C@@H](C(=O)N[C@@H]4CCCc5ccccc54)N(C(=O)[C@H](NC(=O)[C@H](C)NC)C(C)(C)C)C3)c2)CC1C(=O)N[C@@H]1CCCc2ccccc21)C(C)(C)C.Cl.Cl. The Hall–Kier alpha value is -5.42. The van der Waals surface area contributed by atoms with Crippen molar-refractivity contribution in [1.82, 2.24) is 41.7 Å². The zero-order valence-electron chi connectivity index (χ0n) is 44.7. The van der Waals surface area contributed by atoms with E-state index in [1.54, 1.807) is 62.0 Å². The summed E-state index contributed by atoms with van der Waals surface area (Å²) in [6.45, 7) is 15.0. The Morgan fingerprint density at radius 1 is 0.568 bits per heavy atom. The molecule has 3 aromatic rings. The highest BCUT2D eigenvalue weighted by Crippen LogP contribution is 2.35. The van der Waals surface area contributed by atoms with Crippen molar-refractivity contribution >= 4 is 60.3 Å². The molecule has 6 amide bonds. The molecule has 0 bridgehead atoms. The third-order valence-electron chi connectivity index (χ3n) is 14.9. The van der Waals surface area contributed by atoms with E-state index < -0.39 is 59.3 Å². The molecule has 18 heteroatoms. The molecule has 6 N–H and O–H groups in total. The van der Waals surface area contributed by atoms with Gasteiger partial charge >= 0.3 is 0 Å². The number of halogens is 2. The fraction of sp³-hybridized carbons (Fsp3) is 0.571. The predicted molar refractivity (Wildman–Crippen MR) is 290 cm³/mol. The first-order valence-corrected chi connectivity index (χ1v) is 25.9. The highest BCUT2D eigenvalue weighted by molar-refractivity contribution is 5.95. The van der Waals surface area contributed by atoms with Crippen LogP contribution in [0.15, 0.2) is 72.8 Å². The van der Waals surface area contributed by atoms with Crippen LogP contribution < -0.4 is 41.4 Å². The average Bonchev–Trinajstić information content (AvgIpc) is 3.98. The van der Waals surface area contributed by atoms with Crippen molar-refractivity contribution in [3.05, 3.63) is 95.1 Å². The largest absolute Gasteiger partial charge is 0.488 e. The summed E-state index contributed by atoms with van der Waals surface area (Å²) in [5, 5.41) is 18.4. The normalized spacial score (nSPS) is 22.9. The van der Waals surface area contributed by atoms with Gasteiger partial charge < -0.3 is 51.2 Å². The minimum Gasteiger partial charge on any atom is -0.488 e. The van der Waals surface area contributed by atoms with Gasteiger partial charge in [0.25, 0.3) is 0 Å². The van der Waals surface area contributed by atoms with Crippen molar-refractivity contribution in [1.29, 1.82) is 0 Å². The molecule has 74 heavy (non-hydrogen) atoms. The number of nitrogens with one attached hydrogen (secondary N) is 6. The van der Waals surface area contributed by atoms with Crippen molar-refractivity contribution < 1.29 is 38.2 Å². The number of hydrogen-bond donors (Lipinski definition) is 6. The summed E-state index contributed by atoms with van der Waals surface area (Å²) < 4.78 is 13.3. The van der Waals surface area contributed by atoms with Crippen LogP contribution >= 0.6 is 24.8 Å². The molecular formula is C56H80Cl2N8O8. The lowest BCUT2D eigenvalue weighted by Crippen LogP contribution is -2.59. The van der Waals surface area contributed by atoms with Crippen LogP contribution in [0.1, 0.15) is 128 Å². The molecule has 10 atom stereocenters. The van der Waals surface area contributed by atoms with Gasteiger partial charge in [-0.3, -0.25) is 28.8 Å². The Balaban J connectivity index is 0.00000507. The van der Waals surface area contributed by atoms with Crippen LogP contribution in [0, 0.1) is 10.8 Å². The van der Waals surface area contributed by atoms with E-state index in [1.165, 1.54) is 11.1 Å². The lowest BCUT2D eigenvalue weighted by atomic mass is 9.85. The first-order chi connectivity index (χ1) is 34.2. The third-order valence-corrected chi connectivity index (χ3v) is 14.9. The number of hydrogen-bond acceptors (Lipinski definition) is 10. The number of benzene rings is 3. The molecule has 2 aliphatic carbocycles. The zero-order chi connectivity index (χ0) is 52.1. The van der Waals surface area contributed by atoms with Crippen molar-refractivity contribution in [2.24, 2.45) is 10.8 Å². The molecule has 0 saturated carbocycles. The molecule has 0 aromatic heterocycles. The number of ether oxygens (including phenoxy) is 2. The maximum absolute atomic E-state index is 14.8. The van der Waals surface area contributed by atoms with Crippen molar-refractivity contribution in [2.75, 3.05) is 27.2 Å². The first-order valence-electron chi connectivity index (χ1n) is 25.9. The van der Waals surface area contributed by atoms with Gasteiger partial charge in [-0.2, -0.15) is 0 Å². The Morgan fingerprint density at radius 2 is 0.946 bits per heavy atom. The van der Waals surface area contributed by atoms with Gasteiger partial charge in [0.2, 0.25) is 35.4 Å². The summed E-state index contributed by atoms with van der Waals surface area (Å²) in [7, 11) is 3.36. The maximum Gasteiger partial charge on any atom is 0.246 e. The average molecular weight is 1060 g/mol. The minimum atomic E-state index is -0.934. The monoisotopic (exact) mass is 1060 g/mol. The van der Waals surface area contributed by atoms with Crippen LogP contribution in [0.25, 0.3) is 0 Å². The molecule has 3 aromatic carbocycles.